The number of guanidine groups is 1. The van der Waals surface area contributed by atoms with Gasteiger partial charge in [-0.05, 0) is 30.7 Å². The molecular formula is C19H27N5OS. The highest BCUT2D eigenvalue weighted by molar-refractivity contribution is 7.11. The van der Waals surface area contributed by atoms with Gasteiger partial charge in [-0.2, -0.15) is 0 Å². The fraction of sp³-hybridized carbons (Fsp3) is 0.474. The molecule has 1 fully saturated rings. The monoisotopic (exact) mass is 373 g/mol. The zero-order valence-corrected chi connectivity index (χ0v) is 16.6. The van der Waals surface area contributed by atoms with E-state index in [1.54, 1.807) is 18.4 Å². The topological polar surface area (TPSA) is 53.0 Å². The maximum absolute atomic E-state index is 5.24. The molecule has 0 amide bonds. The third kappa shape index (κ3) is 4.46. The molecule has 0 aliphatic carbocycles. The number of piperazine rings is 1. The van der Waals surface area contributed by atoms with Crippen LogP contribution in [-0.2, 0) is 13.0 Å². The van der Waals surface area contributed by atoms with Crippen molar-refractivity contribution in [1.82, 2.24) is 15.2 Å². The van der Waals surface area contributed by atoms with E-state index in [4.69, 9.17) is 4.74 Å². The molecule has 1 N–H and O–H groups in total. The molecule has 0 saturated carbocycles. The van der Waals surface area contributed by atoms with Gasteiger partial charge in [0.25, 0.3) is 0 Å². The van der Waals surface area contributed by atoms with E-state index in [0.717, 1.165) is 55.9 Å². The molecule has 0 radical (unpaired) electrons. The van der Waals surface area contributed by atoms with Gasteiger partial charge in [-0.1, -0.05) is 6.92 Å². The zero-order valence-electron chi connectivity index (χ0n) is 15.7. The molecular weight excluding hydrogens is 346 g/mol. The standard InChI is InChI=1S/C19H27N5OS/c1-4-17-13-21-18(26-17)14-22-19(20-2)24-11-9-23(10-12-24)15-5-7-16(25-3)8-6-15/h5-8,13H,4,9-12,14H2,1-3H3,(H,20,22). The Morgan fingerprint density at radius 2 is 1.96 bits per heavy atom. The number of hydrogen-bond donors (Lipinski definition) is 1. The van der Waals surface area contributed by atoms with Crippen LogP contribution in [0.15, 0.2) is 35.5 Å². The Kier molecular flexibility index (Phi) is 6.33. The Morgan fingerprint density at radius 3 is 2.54 bits per heavy atom. The number of hydrogen-bond acceptors (Lipinski definition) is 5. The van der Waals surface area contributed by atoms with Gasteiger partial charge in [0.1, 0.15) is 10.8 Å². The number of thiazole rings is 1. The number of nitrogens with zero attached hydrogens (tertiary/aromatic N) is 4. The lowest BCUT2D eigenvalue weighted by Gasteiger charge is -2.37. The maximum Gasteiger partial charge on any atom is 0.194 e. The second kappa shape index (κ2) is 8.89. The Bertz CT molecular complexity index is 720. The smallest absolute Gasteiger partial charge is 0.194 e. The maximum atomic E-state index is 5.24. The summed E-state index contributed by atoms with van der Waals surface area (Å²) in [4.78, 5) is 15.0. The summed E-state index contributed by atoms with van der Waals surface area (Å²) in [6.45, 7) is 6.74. The van der Waals surface area contributed by atoms with E-state index in [1.165, 1.54) is 10.6 Å². The SMILES string of the molecule is CCc1cnc(CNC(=NC)N2CCN(c3ccc(OC)cc3)CC2)s1. The zero-order chi connectivity index (χ0) is 18.4. The summed E-state index contributed by atoms with van der Waals surface area (Å²) in [5, 5.41) is 4.56. The van der Waals surface area contributed by atoms with Crippen LogP contribution >= 0.6 is 11.3 Å². The first kappa shape index (κ1) is 18.5. The molecule has 2 heterocycles. The van der Waals surface area contributed by atoms with E-state index >= 15 is 0 Å². The van der Waals surface area contributed by atoms with Gasteiger partial charge in [0.2, 0.25) is 0 Å². The van der Waals surface area contributed by atoms with Crippen LogP contribution in [0.2, 0.25) is 0 Å². The fourth-order valence-electron chi connectivity index (χ4n) is 3.05. The minimum atomic E-state index is 0.732. The van der Waals surface area contributed by atoms with Crippen molar-refractivity contribution < 1.29 is 4.74 Å². The fourth-order valence-corrected chi connectivity index (χ4v) is 3.85. The van der Waals surface area contributed by atoms with E-state index in [0.29, 0.717) is 0 Å². The van der Waals surface area contributed by atoms with Crippen molar-refractivity contribution in [2.24, 2.45) is 4.99 Å². The molecule has 1 saturated heterocycles. The third-order valence-electron chi connectivity index (χ3n) is 4.58. The summed E-state index contributed by atoms with van der Waals surface area (Å²) in [5.41, 5.74) is 1.24. The van der Waals surface area contributed by atoms with Crippen molar-refractivity contribution in [2.75, 3.05) is 45.2 Å². The summed E-state index contributed by atoms with van der Waals surface area (Å²) in [6.07, 6.45) is 3.01. The van der Waals surface area contributed by atoms with Crippen LogP contribution in [0.5, 0.6) is 5.75 Å². The van der Waals surface area contributed by atoms with E-state index < -0.39 is 0 Å². The number of aliphatic imine (C=N–C) groups is 1. The molecule has 1 aromatic heterocycles. The van der Waals surface area contributed by atoms with Gasteiger partial charge in [0.05, 0.1) is 13.7 Å². The van der Waals surface area contributed by atoms with Crippen molar-refractivity contribution >= 4 is 23.0 Å². The molecule has 0 unspecified atom stereocenters. The van der Waals surface area contributed by atoms with Crippen molar-refractivity contribution in [3.8, 4) is 5.75 Å². The molecule has 0 bridgehead atoms. The largest absolute Gasteiger partial charge is 0.497 e. The van der Waals surface area contributed by atoms with Crippen molar-refractivity contribution in [3.63, 3.8) is 0 Å². The van der Waals surface area contributed by atoms with Gasteiger partial charge in [-0.15, -0.1) is 11.3 Å². The quantitative estimate of drug-likeness (QED) is 0.645. The molecule has 2 aromatic rings. The summed E-state index contributed by atoms with van der Waals surface area (Å²) >= 11 is 1.77. The Morgan fingerprint density at radius 1 is 1.23 bits per heavy atom. The minimum absolute atomic E-state index is 0.732. The summed E-state index contributed by atoms with van der Waals surface area (Å²) in [7, 11) is 3.54. The van der Waals surface area contributed by atoms with E-state index in [2.05, 4.69) is 44.1 Å². The lowest BCUT2D eigenvalue weighted by molar-refractivity contribution is 0.372. The molecule has 0 atom stereocenters. The van der Waals surface area contributed by atoms with Gasteiger partial charge >= 0.3 is 0 Å². The van der Waals surface area contributed by atoms with Gasteiger partial charge in [0.15, 0.2) is 5.96 Å². The highest BCUT2D eigenvalue weighted by Gasteiger charge is 2.20. The van der Waals surface area contributed by atoms with Crippen LogP contribution in [0, 0.1) is 0 Å². The number of benzene rings is 1. The second-order valence-corrected chi connectivity index (χ2v) is 7.35. The predicted molar refractivity (Wildman–Crippen MR) is 108 cm³/mol. The summed E-state index contributed by atoms with van der Waals surface area (Å²) in [6, 6.07) is 8.27. The van der Waals surface area contributed by atoms with E-state index in [-0.39, 0.29) is 0 Å². The van der Waals surface area contributed by atoms with Gasteiger partial charge in [0, 0.05) is 50.0 Å². The number of methoxy groups -OCH3 is 1. The first-order valence-corrected chi connectivity index (χ1v) is 9.83. The number of aryl methyl sites for hydroxylation is 1. The Hall–Kier alpha value is -2.28. The number of nitrogens with one attached hydrogen (secondary N) is 1. The van der Waals surface area contributed by atoms with Crippen LogP contribution in [0.3, 0.4) is 0 Å². The molecule has 6 nitrogen and oxygen atoms in total. The van der Waals surface area contributed by atoms with Crippen LogP contribution in [-0.4, -0.2) is 56.2 Å². The van der Waals surface area contributed by atoms with E-state index in [9.17, 15) is 0 Å². The average molecular weight is 374 g/mol. The highest BCUT2D eigenvalue weighted by Crippen LogP contribution is 2.20. The number of ether oxygens (including phenoxy) is 1. The summed E-state index contributed by atoms with van der Waals surface area (Å²) in [5.74, 6) is 1.85. The molecule has 1 aliphatic rings. The lowest BCUT2D eigenvalue weighted by atomic mass is 10.2. The first-order chi connectivity index (χ1) is 12.7. The third-order valence-corrected chi connectivity index (χ3v) is 5.72. The Labute approximate surface area is 159 Å². The minimum Gasteiger partial charge on any atom is -0.497 e. The highest BCUT2D eigenvalue weighted by atomic mass is 32.1. The molecule has 140 valence electrons. The molecule has 1 aliphatic heterocycles. The van der Waals surface area contributed by atoms with Gasteiger partial charge < -0.3 is 19.9 Å². The van der Waals surface area contributed by atoms with E-state index in [1.807, 2.05) is 25.4 Å². The average Bonchev–Trinajstić information content (AvgIpc) is 3.17. The lowest BCUT2D eigenvalue weighted by Crippen LogP contribution is -2.52. The van der Waals surface area contributed by atoms with Crippen LogP contribution in [0.4, 0.5) is 5.69 Å². The predicted octanol–water partition coefficient (Wildman–Crippen LogP) is 2.61. The van der Waals surface area contributed by atoms with Crippen molar-refractivity contribution in [2.45, 2.75) is 19.9 Å². The second-order valence-electron chi connectivity index (χ2n) is 6.15. The number of aromatic nitrogens is 1. The number of anilines is 1. The van der Waals surface area contributed by atoms with Crippen molar-refractivity contribution in [1.29, 1.82) is 0 Å². The Balaban J connectivity index is 1.51. The van der Waals surface area contributed by atoms with Crippen LogP contribution in [0.25, 0.3) is 0 Å². The molecule has 0 spiro atoms. The number of rotatable bonds is 5. The van der Waals surface area contributed by atoms with Crippen molar-refractivity contribution in [3.05, 3.63) is 40.3 Å². The molecule has 7 heteroatoms. The summed E-state index contributed by atoms with van der Waals surface area (Å²) < 4.78 is 5.24. The van der Waals surface area contributed by atoms with Crippen LogP contribution in [0.1, 0.15) is 16.8 Å². The van der Waals surface area contributed by atoms with Gasteiger partial charge in [-0.3, -0.25) is 4.99 Å². The molecule has 1 aromatic carbocycles. The molecule has 26 heavy (non-hydrogen) atoms. The van der Waals surface area contributed by atoms with Crippen LogP contribution < -0.4 is 15.0 Å². The normalized spacial score (nSPS) is 15.3. The first-order valence-electron chi connectivity index (χ1n) is 9.01. The molecule has 3 rings (SSSR count). The van der Waals surface area contributed by atoms with Gasteiger partial charge in [-0.25, -0.2) is 4.98 Å².